The summed E-state index contributed by atoms with van der Waals surface area (Å²) in [6.07, 6.45) is 4.13. The van der Waals surface area contributed by atoms with Crippen LogP contribution in [-0.4, -0.2) is 34.4 Å². The average molecular weight is 484 g/mol. The van der Waals surface area contributed by atoms with E-state index in [0.29, 0.717) is 10.9 Å². The lowest BCUT2D eigenvalue weighted by molar-refractivity contribution is -0.116. The Morgan fingerprint density at radius 3 is 2.47 bits per heavy atom. The zero-order chi connectivity index (χ0) is 25.5. The fourth-order valence-electron chi connectivity index (χ4n) is 4.28. The molecule has 0 aliphatic rings. The second-order valence-electron chi connectivity index (χ2n) is 8.70. The van der Waals surface area contributed by atoms with Gasteiger partial charge in [0.1, 0.15) is 0 Å². The summed E-state index contributed by atoms with van der Waals surface area (Å²) in [6.45, 7) is 4.49. The number of rotatable bonds is 9. The van der Waals surface area contributed by atoms with E-state index < -0.39 is 5.95 Å². The maximum Gasteiger partial charge on any atom is 0.244 e. The number of nitrogens with zero attached hydrogens (tertiary/aromatic N) is 1. The molecule has 0 aliphatic carbocycles. The van der Waals surface area contributed by atoms with Gasteiger partial charge in [0.25, 0.3) is 0 Å². The number of halogens is 1. The quantitative estimate of drug-likeness (QED) is 0.207. The van der Waals surface area contributed by atoms with Gasteiger partial charge in [-0.3, -0.25) is 9.89 Å². The van der Waals surface area contributed by atoms with Gasteiger partial charge in [-0.1, -0.05) is 74.5 Å². The maximum atomic E-state index is 14.4. The third-order valence-corrected chi connectivity index (χ3v) is 6.29. The van der Waals surface area contributed by atoms with Crippen LogP contribution in [0.3, 0.4) is 0 Å². The number of hydrogen-bond donors (Lipinski definition) is 3. The molecule has 0 spiro atoms. The van der Waals surface area contributed by atoms with Gasteiger partial charge < -0.3 is 10.4 Å². The number of aliphatic hydroxyl groups is 1. The number of aliphatic hydroxyl groups excluding tert-OH is 1. The highest BCUT2D eigenvalue weighted by Gasteiger charge is 2.19. The van der Waals surface area contributed by atoms with Crippen molar-refractivity contribution in [3.8, 4) is 0 Å². The van der Waals surface area contributed by atoms with Gasteiger partial charge in [0.2, 0.25) is 11.9 Å². The Morgan fingerprint density at radius 2 is 1.78 bits per heavy atom. The summed E-state index contributed by atoms with van der Waals surface area (Å²) in [6, 6.07) is 24.0. The van der Waals surface area contributed by atoms with Gasteiger partial charge in [0, 0.05) is 12.6 Å². The van der Waals surface area contributed by atoms with Crippen molar-refractivity contribution in [1.82, 2.24) is 15.5 Å². The number of hydrogen-bond acceptors (Lipinski definition) is 3. The third-order valence-electron chi connectivity index (χ3n) is 6.29. The highest BCUT2D eigenvalue weighted by Crippen LogP contribution is 2.39. The van der Waals surface area contributed by atoms with Crippen molar-refractivity contribution in [3.63, 3.8) is 0 Å². The molecule has 6 heteroatoms. The van der Waals surface area contributed by atoms with E-state index in [9.17, 15) is 9.18 Å². The van der Waals surface area contributed by atoms with Crippen LogP contribution in [0.1, 0.15) is 42.5 Å². The topological polar surface area (TPSA) is 78.0 Å². The lowest BCUT2D eigenvalue weighted by Gasteiger charge is -2.22. The van der Waals surface area contributed by atoms with Gasteiger partial charge in [-0.05, 0) is 63.9 Å². The van der Waals surface area contributed by atoms with Crippen LogP contribution in [0.25, 0.3) is 28.1 Å². The second kappa shape index (κ2) is 11.6. The molecule has 0 radical (unpaired) electrons. The van der Waals surface area contributed by atoms with Gasteiger partial charge >= 0.3 is 0 Å². The van der Waals surface area contributed by atoms with Crippen molar-refractivity contribution in [2.24, 2.45) is 5.92 Å². The predicted octanol–water partition coefficient (Wildman–Crippen LogP) is 5.83. The lowest BCUT2D eigenvalue weighted by Crippen LogP contribution is -2.24. The van der Waals surface area contributed by atoms with E-state index in [0.717, 1.165) is 34.2 Å². The maximum absolute atomic E-state index is 14.4. The van der Waals surface area contributed by atoms with Crippen molar-refractivity contribution >= 4 is 34.0 Å². The van der Waals surface area contributed by atoms with Crippen LogP contribution >= 0.6 is 0 Å². The number of allylic oxidation sites excluding steroid dienone is 1. The molecule has 1 amide bonds. The number of aromatic amines is 1. The van der Waals surface area contributed by atoms with E-state index in [4.69, 9.17) is 5.11 Å². The van der Waals surface area contributed by atoms with E-state index in [1.54, 1.807) is 6.08 Å². The van der Waals surface area contributed by atoms with Crippen LogP contribution in [0.15, 0.2) is 78.9 Å². The SMILES string of the molecule is CCC(C)/C(=C(/c1ccc(/C=C/C(=O)NCCO)cc1)c1ccc2n[nH]c(F)c2c1)c1ccccc1. The van der Waals surface area contributed by atoms with E-state index in [1.807, 2.05) is 60.7 Å². The third kappa shape index (κ3) is 5.61. The van der Waals surface area contributed by atoms with Crippen LogP contribution in [0, 0.1) is 11.9 Å². The number of aromatic nitrogens is 2. The Bertz CT molecular complexity index is 1390. The Hall–Kier alpha value is -4.03. The van der Waals surface area contributed by atoms with Gasteiger partial charge in [-0.15, -0.1) is 0 Å². The number of H-pyrrole nitrogens is 1. The fourth-order valence-corrected chi connectivity index (χ4v) is 4.28. The minimum Gasteiger partial charge on any atom is -0.395 e. The molecule has 36 heavy (non-hydrogen) atoms. The molecule has 4 aromatic rings. The molecule has 0 bridgehead atoms. The fraction of sp³-hybridized carbons (Fsp3) is 0.200. The molecular weight excluding hydrogens is 453 g/mol. The number of nitrogens with one attached hydrogen (secondary N) is 2. The summed E-state index contributed by atoms with van der Waals surface area (Å²) in [5.74, 6) is -0.453. The Labute approximate surface area is 210 Å². The van der Waals surface area contributed by atoms with Crippen LogP contribution < -0.4 is 5.32 Å². The molecule has 3 N–H and O–H groups in total. The van der Waals surface area contributed by atoms with Gasteiger partial charge in [0.15, 0.2) is 0 Å². The first-order valence-corrected chi connectivity index (χ1v) is 12.1. The predicted molar refractivity (Wildman–Crippen MR) is 143 cm³/mol. The number of benzene rings is 3. The highest BCUT2D eigenvalue weighted by molar-refractivity contribution is 6.01. The molecule has 4 rings (SSSR count). The lowest BCUT2D eigenvalue weighted by atomic mass is 9.82. The molecular formula is C30H30FN3O2. The molecule has 1 unspecified atom stereocenters. The largest absolute Gasteiger partial charge is 0.395 e. The van der Waals surface area contributed by atoms with Crippen LogP contribution in [0.2, 0.25) is 0 Å². The summed E-state index contributed by atoms with van der Waals surface area (Å²) in [5, 5.41) is 18.4. The Morgan fingerprint density at radius 1 is 1.06 bits per heavy atom. The minimum absolute atomic E-state index is 0.0994. The van der Waals surface area contributed by atoms with Crippen LogP contribution in [-0.2, 0) is 4.79 Å². The number of amides is 1. The van der Waals surface area contributed by atoms with Gasteiger partial charge in [-0.2, -0.15) is 9.49 Å². The summed E-state index contributed by atoms with van der Waals surface area (Å²) in [7, 11) is 0. The molecule has 0 aliphatic heterocycles. The van der Waals surface area contributed by atoms with Crippen molar-refractivity contribution in [3.05, 3.63) is 107 Å². The normalized spacial score (nSPS) is 13.1. The first-order chi connectivity index (χ1) is 17.5. The zero-order valence-electron chi connectivity index (χ0n) is 20.5. The monoisotopic (exact) mass is 483 g/mol. The molecule has 5 nitrogen and oxygen atoms in total. The molecule has 1 aromatic heterocycles. The van der Waals surface area contributed by atoms with E-state index in [-0.39, 0.29) is 25.0 Å². The average Bonchev–Trinajstić information content (AvgIpc) is 3.29. The van der Waals surface area contributed by atoms with E-state index >= 15 is 0 Å². The van der Waals surface area contributed by atoms with Gasteiger partial charge in [-0.25, -0.2) is 0 Å². The smallest absolute Gasteiger partial charge is 0.244 e. The van der Waals surface area contributed by atoms with Crippen molar-refractivity contribution in [2.45, 2.75) is 20.3 Å². The standard InChI is InChI=1S/C30H30FN3O2/c1-3-20(2)28(22-7-5-4-6-8-22)29(24-14-15-26-25(19-24)30(31)34-33-26)23-12-9-21(10-13-23)11-16-27(36)32-17-18-35/h4-16,19-20,35H,3,17-18H2,1-2H3,(H,32,36)(H,33,34)/b16-11+,29-28+. The summed E-state index contributed by atoms with van der Waals surface area (Å²) in [4.78, 5) is 11.8. The first kappa shape index (κ1) is 25.1. The molecule has 1 atom stereocenters. The molecule has 0 saturated heterocycles. The highest BCUT2D eigenvalue weighted by atomic mass is 19.1. The Kier molecular flexibility index (Phi) is 8.08. The minimum atomic E-state index is -0.448. The summed E-state index contributed by atoms with van der Waals surface area (Å²) >= 11 is 0. The van der Waals surface area contributed by atoms with Crippen LogP contribution in [0.5, 0.6) is 0 Å². The Balaban J connectivity index is 1.85. The molecule has 0 fully saturated rings. The number of fused-ring (bicyclic) bond motifs is 1. The second-order valence-corrected chi connectivity index (χ2v) is 8.70. The number of carbonyl (C=O) groups excluding carboxylic acids is 1. The molecule has 1 heterocycles. The van der Waals surface area contributed by atoms with Crippen LogP contribution in [0.4, 0.5) is 4.39 Å². The summed E-state index contributed by atoms with van der Waals surface area (Å²) < 4.78 is 14.4. The molecule has 0 saturated carbocycles. The molecule has 184 valence electrons. The van der Waals surface area contributed by atoms with Crippen molar-refractivity contribution < 1.29 is 14.3 Å². The zero-order valence-corrected chi connectivity index (χ0v) is 20.5. The molecule has 3 aromatic carbocycles. The van der Waals surface area contributed by atoms with E-state index in [1.165, 1.54) is 11.6 Å². The first-order valence-electron chi connectivity index (χ1n) is 12.1. The van der Waals surface area contributed by atoms with Gasteiger partial charge in [0.05, 0.1) is 17.5 Å². The van der Waals surface area contributed by atoms with E-state index in [2.05, 4.69) is 41.5 Å². The van der Waals surface area contributed by atoms with Crippen molar-refractivity contribution in [1.29, 1.82) is 0 Å². The summed E-state index contributed by atoms with van der Waals surface area (Å²) in [5.41, 5.74) is 6.72. The van der Waals surface area contributed by atoms with Crippen molar-refractivity contribution in [2.75, 3.05) is 13.2 Å². The number of carbonyl (C=O) groups is 1.